The number of hydrogen-bond acceptors (Lipinski definition) is 3. The SMILES string of the molecule is CCCCOc1ccc(CCN=C(N)NC(C)COC)cc1. The number of unbranched alkanes of at least 4 members (excludes halogenated alkanes) is 1. The average Bonchev–Trinajstić information content (AvgIpc) is 2.49. The first-order valence-corrected chi connectivity index (χ1v) is 7.92. The largest absolute Gasteiger partial charge is 0.494 e. The summed E-state index contributed by atoms with van der Waals surface area (Å²) in [6.07, 6.45) is 3.09. The molecule has 0 radical (unpaired) electrons. The van der Waals surface area contributed by atoms with Gasteiger partial charge in [-0.15, -0.1) is 0 Å². The lowest BCUT2D eigenvalue weighted by Crippen LogP contribution is -2.40. The van der Waals surface area contributed by atoms with Crippen LogP contribution in [-0.2, 0) is 11.2 Å². The van der Waals surface area contributed by atoms with Crippen LogP contribution >= 0.6 is 0 Å². The molecular formula is C17H29N3O2. The van der Waals surface area contributed by atoms with Crippen molar-refractivity contribution < 1.29 is 9.47 Å². The predicted molar refractivity (Wildman–Crippen MR) is 91.5 cm³/mol. The zero-order chi connectivity index (χ0) is 16.2. The number of benzene rings is 1. The molecule has 1 atom stereocenters. The van der Waals surface area contributed by atoms with Gasteiger partial charge in [-0.05, 0) is 37.5 Å². The van der Waals surface area contributed by atoms with Crippen molar-refractivity contribution in [1.82, 2.24) is 5.32 Å². The molecule has 124 valence electrons. The molecule has 0 heterocycles. The number of ether oxygens (including phenoxy) is 2. The van der Waals surface area contributed by atoms with E-state index < -0.39 is 0 Å². The maximum atomic E-state index is 5.82. The topological polar surface area (TPSA) is 68.9 Å². The monoisotopic (exact) mass is 307 g/mol. The maximum absolute atomic E-state index is 5.82. The Hall–Kier alpha value is -1.75. The number of methoxy groups -OCH3 is 1. The zero-order valence-electron chi connectivity index (χ0n) is 14.0. The molecule has 5 heteroatoms. The number of guanidine groups is 1. The Morgan fingerprint density at radius 3 is 2.68 bits per heavy atom. The third kappa shape index (κ3) is 7.88. The van der Waals surface area contributed by atoms with Crippen LogP contribution in [0.5, 0.6) is 5.75 Å². The van der Waals surface area contributed by atoms with Crippen LogP contribution in [0.3, 0.4) is 0 Å². The van der Waals surface area contributed by atoms with Gasteiger partial charge in [-0.25, -0.2) is 0 Å². The van der Waals surface area contributed by atoms with Crippen molar-refractivity contribution in [2.75, 3.05) is 26.9 Å². The van der Waals surface area contributed by atoms with E-state index in [9.17, 15) is 0 Å². The number of hydrogen-bond donors (Lipinski definition) is 2. The molecule has 1 unspecified atom stereocenters. The van der Waals surface area contributed by atoms with Gasteiger partial charge in [0, 0.05) is 19.7 Å². The van der Waals surface area contributed by atoms with E-state index in [2.05, 4.69) is 29.4 Å². The summed E-state index contributed by atoms with van der Waals surface area (Å²) in [5.41, 5.74) is 7.05. The van der Waals surface area contributed by atoms with Gasteiger partial charge in [-0.2, -0.15) is 0 Å². The van der Waals surface area contributed by atoms with Gasteiger partial charge in [0.15, 0.2) is 5.96 Å². The van der Waals surface area contributed by atoms with Crippen molar-refractivity contribution >= 4 is 5.96 Å². The highest BCUT2D eigenvalue weighted by Gasteiger charge is 2.01. The van der Waals surface area contributed by atoms with Gasteiger partial charge in [0.25, 0.3) is 0 Å². The van der Waals surface area contributed by atoms with Gasteiger partial charge >= 0.3 is 0 Å². The lowest BCUT2D eigenvalue weighted by atomic mass is 10.1. The number of rotatable bonds is 10. The maximum Gasteiger partial charge on any atom is 0.188 e. The quantitative estimate of drug-likeness (QED) is 0.395. The smallest absolute Gasteiger partial charge is 0.188 e. The van der Waals surface area contributed by atoms with Crippen molar-refractivity contribution in [2.24, 2.45) is 10.7 Å². The molecule has 0 aromatic heterocycles. The second-order valence-corrected chi connectivity index (χ2v) is 5.36. The third-order valence-corrected chi connectivity index (χ3v) is 3.18. The summed E-state index contributed by atoms with van der Waals surface area (Å²) in [5.74, 6) is 1.39. The van der Waals surface area contributed by atoms with Crippen LogP contribution in [0.1, 0.15) is 32.3 Å². The number of aliphatic imine (C=N–C) groups is 1. The van der Waals surface area contributed by atoms with Gasteiger partial charge < -0.3 is 20.5 Å². The number of nitrogens with one attached hydrogen (secondary N) is 1. The molecule has 0 bridgehead atoms. The molecule has 1 aromatic rings. The third-order valence-electron chi connectivity index (χ3n) is 3.18. The van der Waals surface area contributed by atoms with E-state index in [1.165, 1.54) is 5.56 Å². The molecule has 5 nitrogen and oxygen atoms in total. The second-order valence-electron chi connectivity index (χ2n) is 5.36. The minimum atomic E-state index is 0.160. The van der Waals surface area contributed by atoms with Gasteiger partial charge in [-0.3, -0.25) is 4.99 Å². The Morgan fingerprint density at radius 2 is 2.05 bits per heavy atom. The molecule has 0 aliphatic rings. The predicted octanol–water partition coefficient (Wildman–Crippen LogP) is 2.35. The molecule has 22 heavy (non-hydrogen) atoms. The van der Waals surface area contributed by atoms with Crippen molar-refractivity contribution in [3.8, 4) is 5.75 Å². The van der Waals surface area contributed by atoms with E-state index in [4.69, 9.17) is 15.2 Å². The zero-order valence-corrected chi connectivity index (χ0v) is 14.0. The van der Waals surface area contributed by atoms with Gasteiger partial charge in [0.1, 0.15) is 5.75 Å². The molecule has 1 rings (SSSR count). The average molecular weight is 307 g/mol. The van der Waals surface area contributed by atoms with Crippen molar-refractivity contribution in [2.45, 2.75) is 39.2 Å². The van der Waals surface area contributed by atoms with Crippen molar-refractivity contribution in [3.63, 3.8) is 0 Å². The van der Waals surface area contributed by atoms with Crippen LogP contribution in [0.4, 0.5) is 0 Å². The highest BCUT2D eigenvalue weighted by atomic mass is 16.5. The Bertz CT molecular complexity index is 432. The lowest BCUT2D eigenvalue weighted by Gasteiger charge is -2.13. The van der Waals surface area contributed by atoms with E-state index in [0.717, 1.165) is 31.6 Å². The van der Waals surface area contributed by atoms with Crippen LogP contribution in [0, 0.1) is 0 Å². The summed E-state index contributed by atoms with van der Waals surface area (Å²) in [4.78, 5) is 4.32. The highest BCUT2D eigenvalue weighted by molar-refractivity contribution is 5.78. The fourth-order valence-electron chi connectivity index (χ4n) is 1.98. The Labute approximate surface area is 133 Å². The van der Waals surface area contributed by atoms with E-state index in [1.54, 1.807) is 7.11 Å². The summed E-state index contributed by atoms with van der Waals surface area (Å²) in [7, 11) is 1.67. The number of nitrogens with zero attached hydrogens (tertiary/aromatic N) is 1. The molecule has 0 aliphatic carbocycles. The minimum Gasteiger partial charge on any atom is -0.494 e. The fraction of sp³-hybridized carbons (Fsp3) is 0.588. The Balaban J connectivity index is 2.32. The van der Waals surface area contributed by atoms with Crippen molar-refractivity contribution in [3.05, 3.63) is 29.8 Å². The van der Waals surface area contributed by atoms with Crippen LogP contribution in [0.15, 0.2) is 29.3 Å². The van der Waals surface area contributed by atoms with E-state index >= 15 is 0 Å². The molecule has 0 saturated heterocycles. The van der Waals surface area contributed by atoms with Crippen LogP contribution in [0.25, 0.3) is 0 Å². The molecule has 0 aliphatic heterocycles. The molecule has 0 saturated carbocycles. The fourth-order valence-corrected chi connectivity index (χ4v) is 1.98. The van der Waals surface area contributed by atoms with E-state index in [-0.39, 0.29) is 6.04 Å². The second kappa shape index (κ2) is 10.9. The molecular weight excluding hydrogens is 278 g/mol. The first-order valence-electron chi connectivity index (χ1n) is 7.92. The van der Waals surface area contributed by atoms with Gasteiger partial charge in [0.2, 0.25) is 0 Å². The van der Waals surface area contributed by atoms with Gasteiger partial charge in [0.05, 0.1) is 13.2 Å². The summed E-state index contributed by atoms with van der Waals surface area (Å²) >= 11 is 0. The molecule has 0 spiro atoms. The van der Waals surface area contributed by atoms with Crippen LogP contribution in [-0.4, -0.2) is 38.9 Å². The standard InChI is InChI=1S/C17H29N3O2/c1-4-5-12-22-16-8-6-15(7-9-16)10-11-19-17(18)20-14(2)13-21-3/h6-9,14H,4-5,10-13H2,1-3H3,(H3,18,19,20). The normalized spacial score (nSPS) is 13.0. The van der Waals surface area contributed by atoms with Gasteiger partial charge in [-0.1, -0.05) is 25.5 Å². The lowest BCUT2D eigenvalue weighted by molar-refractivity contribution is 0.179. The van der Waals surface area contributed by atoms with E-state index in [1.807, 2.05) is 19.1 Å². The molecule has 3 N–H and O–H groups in total. The van der Waals surface area contributed by atoms with Crippen LogP contribution < -0.4 is 15.8 Å². The minimum absolute atomic E-state index is 0.160. The first kappa shape index (κ1) is 18.3. The van der Waals surface area contributed by atoms with Crippen molar-refractivity contribution in [1.29, 1.82) is 0 Å². The first-order chi connectivity index (χ1) is 10.7. The summed E-state index contributed by atoms with van der Waals surface area (Å²) in [6.45, 7) is 6.21. The molecule has 0 fully saturated rings. The summed E-state index contributed by atoms with van der Waals surface area (Å²) in [5, 5.41) is 3.09. The molecule has 1 aromatic carbocycles. The Kier molecular flexibility index (Phi) is 9.07. The Morgan fingerprint density at radius 1 is 1.32 bits per heavy atom. The number of nitrogens with two attached hydrogens (primary N) is 1. The highest BCUT2D eigenvalue weighted by Crippen LogP contribution is 2.13. The summed E-state index contributed by atoms with van der Waals surface area (Å²) < 4.78 is 10.7. The molecule has 0 amide bonds. The van der Waals surface area contributed by atoms with E-state index in [0.29, 0.717) is 19.1 Å². The van der Waals surface area contributed by atoms with Crippen LogP contribution in [0.2, 0.25) is 0 Å². The summed E-state index contributed by atoms with van der Waals surface area (Å²) in [6, 6.07) is 8.34.